The first kappa shape index (κ1) is 13.7. The Balaban J connectivity index is 2.49. The highest BCUT2D eigenvalue weighted by Crippen LogP contribution is 2.13. The standard InChI is InChI=1S/C13H13N3O4/c1-13(2,12(19)20)14-11(18)9-7-5-3-4-6-8(7)10(17)16-15-9/h3-6H,1-2H3,(H,14,18)(H,16,17)(H,19,20). The lowest BCUT2D eigenvalue weighted by atomic mass is 10.1. The molecule has 2 aromatic rings. The van der Waals surface area contributed by atoms with E-state index in [1.807, 2.05) is 0 Å². The van der Waals surface area contributed by atoms with Crippen LogP contribution in [0.5, 0.6) is 0 Å². The number of carboxylic acid groups (broad SMARTS) is 1. The Morgan fingerprint density at radius 3 is 2.45 bits per heavy atom. The quantitative estimate of drug-likeness (QED) is 0.755. The SMILES string of the molecule is CC(C)(NC(=O)c1n[nH]c(=O)c2ccccc12)C(=O)O. The topological polar surface area (TPSA) is 112 Å². The number of amides is 1. The van der Waals surface area contributed by atoms with Gasteiger partial charge in [0, 0.05) is 5.39 Å². The summed E-state index contributed by atoms with van der Waals surface area (Å²) in [7, 11) is 0. The fraction of sp³-hybridized carbons (Fsp3) is 0.231. The molecule has 7 heteroatoms. The molecule has 0 bridgehead atoms. The molecule has 0 fully saturated rings. The van der Waals surface area contributed by atoms with Gasteiger partial charge >= 0.3 is 5.97 Å². The average Bonchev–Trinajstić information content (AvgIpc) is 2.38. The lowest BCUT2D eigenvalue weighted by Crippen LogP contribution is -2.50. The normalized spacial score (nSPS) is 11.3. The maximum atomic E-state index is 12.1. The van der Waals surface area contributed by atoms with Gasteiger partial charge in [-0.1, -0.05) is 18.2 Å². The van der Waals surface area contributed by atoms with Crippen LogP contribution in [0, 0.1) is 0 Å². The van der Waals surface area contributed by atoms with Crippen LogP contribution in [0.25, 0.3) is 10.8 Å². The molecule has 0 atom stereocenters. The van der Waals surface area contributed by atoms with Gasteiger partial charge in [0.1, 0.15) is 5.54 Å². The molecule has 0 saturated carbocycles. The van der Waals surface area contributed by atoms with E-state index in [-0.39, 0.29) is 5.69 Å². The van der Waals surface area contributed by atoms with Crippen molar-refractivity contribution in [2.24, 2.45) is 0 Å². The first-order valence-electron chi connectivity index (χ1n) is 5.86. The van der Waals surface area contributed by atoms with Crippen molar-refractivity contribution in [3.05, 3.63) is 40.3 Å². The van der Waals surface area contributed by atoms with Gasteiger partial charge in [-0.3, -0.25) is 9.59 Å². The van der Waals surface area contributed by atoms with Gasteiger partial charge in [0.25, 0.3) is 11.5 Å². The first-order valence-corrected chi connectivity index (χ1v) is 5.86. The summed E-state index contributed by atoms with van der Waals surface area (Å²) in [5.41, 5.74) is -1.86. The molecule has 20 heavy (non-hydrogen) atoms. The third-order valence-electron chi connectivity index (χ3n) is 2.87. The minimum atomic E-state index is -1.43. The van der Waals surface area contributed by atoms with Crippen molar-refractivity contribution >= 4 is 22.6 Å². The van der Waals surface area contributed by atoms with Crippen LogP contribution in [0.15, 0.2) is 29.1 Å². The number of nitrogens with one attached hydrogen (secondary N) is 2. The number of nitrogens with zero attached hydrogens (tertiary/aromatic N) is 1. The number of hydrogen-bond acceptors (Lipinski definition) is 4. The van der Waals surface area contributed by atoms with Crippen LogP contribution in [0.1, 0.15) is 24.3 Å². The number of aromatic amines is 1. The molecular formula is C13H13N3O4. The molecule has 104 valence electrons. The summed E-state index contributed by atoms with van der Waals surface area (Å²) in [5.74, 6) is -1.83. The number of hydrogen-bond donors (Lipinski definition) is 3. The van der Waals surface area contributed by atoms with Crippen molar-refractivity contribution in [1.82, 2.24) is 15.5 Å². The Hall–Kier alpha value is -2.70. The van der Waals surface area contributed by atoms with Crippen LogP contribution in [0.2, 0.25) is 0 Å². The highest BCUT2D eigenvalue weighted by atomic mass is 16.4. The minimum absolute atomic E-state index is 0.0190. The summed E-state index contributed by atoms with van der Waals surface area (Å²) in [6.07, 6.45) is 0. The van der Waals surface area contributed by atoms with E-state index in [0.29, 0.717) is 10.8 Å². The zero-order chi connectivity index (χ0) is 14.9. The van der Waals surface area contributed by atoms with Gasteiger partial charge in [-0.15, -0.1) is 0 Å². The molecule has 0 saturated heterocycles. The maximum absolute atomic E-state index is 12.1. The van der Waals surface area contributed by atoms with E-state index in [1.165, 1.54) is 13.8 Å². The highest BCUT2D eigenvalue weighted by Gasteiger charge is 2.30. The predicted molar refractivity (Wildman–Crippen MR) is 71.5 cm³/mol. The van der Waals surface area contributed by atoms with Crippen LogP contribution in [-0.4, -0.2) is 32.7 Å². The van der Waals surface area contributed by atoms with E-state index in [2.05, 4.69) is 15.5 Å². The van der Waals surface area contributed by atoms with Gasteiger partial charge in [-0.25, -0.2) is 9.89 Å². The molecule has 0 aliphatic heterocycles. The molecule has 0 unspecified atom stereocenters. The van der Waals surface area contributed by atoms with Crippen LogP contribution >= 0.6 is 0 Å². The molecule has 7 nitrogen and oxygen atoms in total. The van der Waals surface area contributed by atoms with Gasteiger partial charge < -0.3 is 10.4 Å². The van der Waals surface area contributed by atoms with Crippen molar-refractivity contribution in [3.8, 4) is 0 Å². The van der Waals surface area contributed by atoms with E-state index >= 15 is 0 Å². The molecule has 1 amide bonds. The van der Waals surface area contributed by atoms with Crippen molar-refractivity contribution in [3.63, 3.8) is 0 Å². The number of aromatic nitrogens is 2. The van der Waals surface area contributed by atoms with Crippen LogP contribution < -0.4 is 10.9 Å². The lowest BCUT2D eigenvalue weighted by Gasteiger charge is -2.20. The number of rotatable bonds is 3. The number of aliphatic carboxylic acids is 1. The number of H-pyrrole nitrogens is 1. The third-order valence-corrected chi connectivity index (χ3v) is 2.87. The monoisotopic (exact) mass is 275 g/mol. The van der Waals surface area contributed by atoms with E-state index in [9.17, 15) is 14.4 Å². The van der Waals surface area contributed by atoms with Gasteiger partial charge in [-0.2, -0.15) is 5.10 Å². The summed E-state index contributed by atoms with van der Waals surface area (Å²) in [5, 5.41) is 18.0. The summed E-state index contributed by atoms with van der Waals surface area (Å²) >= 11 is 0. The fourth-order valence-corrected chi connectivity index (χ4v) is 1.68. The zero-order valence-corrected chi connectivity index (χ0v) is 10.9. The zero-order valence-electron chi connectivity index (χ0n) is 10.9. The van der Waals surface area contributed by atoms with Crippen molar-refractivity contribution < 1.29 is 14.7 Å². The summed E-state index contributed by atoms with van der Waals surface area (Å²) in [4.78, 5) is 34.7. The van der Waals surface area contributed by atoms with Crippen LogP contribution in [-0.2, 0) is 4.79 Å². The molecule has 1 heterocycles. The van der Waals surface area contributed by atoms with Gasteiger partial charge in [-0.05, 0) is 19.9 Å². The van der Waals surface area contributed by atoms with Gasteiger partial charge in [0.05, 0.1) is 5.39 Å². The summed E-state index contributed by atoms with van der Waals surface area (Å²) < 4.78 is 0. The number of carboxylic acids is 1. The Bertz CT molecular complexity index is 749. The average molecular weight is 275 g/mol. The predicted octanol–water partition coefficient (Wildman–Crippen LogP) is 0.516. The minimum Gasteiger partial charge on any atom is -0.480 e. The van der Waals surface area contributed by atoms with E-state index in [1.54, 1.807) is 24.3 Å². The van der Waals surface area contributed by atoms with Crippen LogP contribution in [0.4, 0.5) is 0 Å². The van der Waals surface area contributed by atoms with E-state index < -0.39 is 23.0 Å². The molecule has 1 aromatic heterocycles. The first-order chi connectivity index (χ1) is 9.33. The molecule has 3 N–H and O–H groups in total. The second-order valence-corrected chi connectivity index (χ2v) is 4.83. The summed E-state index contributed by atoms with van der Waals surface area (Å²) in [6.45, 7) is 2.72. The van der Waals surface area contributed by atoms with E-state index in [0.717, 1.165) is 0 Å². The number of benzene rings is 1. The van der Waals surface area contributed by atoms with Crippen molar-refractivity contribution in [2.45, 2.75) is 19.4 Å². The van der Waals surface area contributed by atoms with Crippen LogP contribution in [0.3, 0.4) is 0 Å². The number of carbonyl (C=O) groups is 2. The van der Waals surface area contributed by atoms with Crippen molar-refractivity contribution in [1.29, 1.82) is 0 Å². The highest BCUT2D eigenvalue weighted by molar-refractivity contribution is 6.06. The fourth-order valence-electron chi connectivity index (χ4n) is 1.68. The van der Waals surface area contributed by atoms with Gasteiger partial charge in [0.15, 0.2) is 5.69 Å². The second-order valence-electron chi connectivity index (χ2n) is 4.83. The molecule has 1 aromatic carbocycles. The Kier molecular flexibility index (Phi) is 3.27. The third kappa shape index (κ3) is 2.37. The largest absolute Gasteiger partial charge is 0.480 e. The molecule has 0 aliphatic carbocycles. The molecule has 0 spiro atoms. The Morgan fingerprint density at radius 1 is 1.25 bits per heavy atom. The Morgan fingerprint density at radius 2 is 1.85 bits per heavy atom. The number of carbonyl (C=O) groups excluding carboxylic acids is 1. The molecular weight excluding hydrogens is 262 g/mol. The number of fused-ring (bicyclic) bond motifs is 1. The molecule has 0 radical (unpaired) electrons. The second kappa shape index (κ2) is 4.76. The molecule has 2 rings (SSSR count). The summed E-state index contributed by atoms with van der Waals surface area (Å²) in [6, 6.07) is 6.48. The van der Waals surface area contributed by atoms with Gasteiger partial charge in [0.2, 0.25) is 0 Å². The molecule has 0 aliphatic rings. The maximum Gasteiger partial charge on any atom is 0.328 e. The Labute approximate surface area is 113 Å². The smallest absolute Gasteiger partial charge is 0.328 e. The lowest BCUT2D eigenvalue weighted by molar-refractivity contribution is -0.143. The van der Waals surface area contributed by atoms with E-state index in [4.69, 9.17) is 5.11 Å². The van der Waals surface area contributed by atoms with Crippen molar-refractivity contribution in [2.75, 3.05) is 0 Å².